The summed E-state index contributed by atoms with van der Waals surface area (Å²) in [7, 11) is 0. The van der Waals surface area contributed by atoms with Crippen molar-refractivity contribution in [2.24, 2.45) is 5.41 Å². The summed E-state index contributed by atoms with van der Waals surface area (Å²) in [6, 6.07) is 7.50. The Morgan fingerprint density at radius 1 is 1.50 bits per heavy atom. The largest absolute Gasteiger partial charge is 0.493 e. The zero-order chi connectivity index (χ0) is 12.2. The van der Waals surface area contributed by atoms with Gasteiger partial charge in [-0.25, -0.2) is 0 Å². The molecule has 0 bridgehead atoms. The molecule has 1 N–H and O–H groups in total. The monoisotopic (exact) mass is 286 g/mol. The van der Waals surface area contributed by atoms with Gasteiger partial charge in [-0.3, -0.25) is 4.79 Å². The molecule has 0 saturated carbocycles. The molecule has 0 fully saturated rings. The molecule has 0 atom stereocenters. The van der Waals surface area contributed by atoms with Crippen LogP contribution in [0.15, 0.2) is 28.7 Å². The Morgan fingerprint density at radius 2 is 2.19 bits per heavy atom. The smallest absolute Gasteiger partial charge is 0.304 e. The molecular formula is C12H15BrO3. The predicted molar refractivity (Wildman–Crippen MR) is 65.7 cm³/mol. The molecule has 0 radical (unpaired) electrons. The lowest BCUT2D eigenvalue weighted by Gasteiger charge is -2.22. The molecule has 0 amide bonds. The van der Waals surface area contributed by atoms with Crippen molar-refractivity contribution in [2.75, 3.05) is 6.61 Å². The second-order valence-corrected chi connectivity index (χ2v) is 5.40. The number of hydrogen-bond acceptors (Lipinski definition) is 2. The lowest BCUT2D eigenvalue weighted by Crippen LogP contribution is -2.24. The number of carboxylic acids is 1. The molecule has 0 spiro atoms. The van der Waals surface area contributed by atoms with Crippen LogP contribution in [0.3, 0.4) is 0 Å². The van der Waals surface area contributed by atoms with Crippen molar-refractivity contribution < 1.29 is 14.6 Å². The molecule has 1 aromatic rings. The molecule has 0 aliphatic heterocycles. The Balaban J connectivity index is 2.54. The van der Waals surface area contributed by atoms with Crippen LogP contribution < -0.4 is 4.74 Å². The first-order valence-electron chi connectivity index (χ1n) is 4.99. The van der Waals surface area contributed by atoms with Crippen molar-refractivity contribution in [3.63, 3.8) is 0 Å². The second kappa shape index (κ2) is 5.34. The van der Waals surface area contributed by atoms with Crippen molar-refractivity contribution in [2.45, 2.75) is 20.3 Å². The van der Waals surface area contributed by atoms with Gasteiger partial charge in [0.05, 0.1) is 13.0 Å². The minimum absolute atomic E-state index is 0.0982. The SMILES string of the molecule is CC(C)(COc1cccc(Br)c1)CC(=O)O. The van der Waals surface area contributed by atoms with Gasteiger partial charge in [0.2, 0.25) is 0 Å². The van der Waals surface area contributed by atoms with E-state index in [1.807, 2.05) is 38.1 Å². The van der Waals surface area contributed by atoms with Gasteiger partial charge in [0.15, 0.2) is 0 Å². The molecule has 0 saturated heterocycles. The molecule has 4 heteroatoms. The molecule has 0 aliphatic rings. The van der Waals surface area contributed by atoms with Gasteiger partial charge in [0, 0.05) is 9.89 Å². The van der Waals surface area contributed by atoms with Gasteiger partial charge in [-0.2, -0.15) is 0 Å². The Labute approximate surface area is 104 Å². The highest BCUT2D eigenvalue weighted by molar-refractivity contribution is 9.10. The van der Waals surface area contributed by atoms with Gasteiger partial charge in [-0.05, 0) is 18.2 Å². The first-order chi connectivity index (χ1) is 7.39. The minimum Gasteiger partial charge on any atom is -0.493 e. The molecule has 1 aromatic carbocycles. The first-order valence-corrected chi connectivity index (χ1v) is 5.78. The van der Waals surface area contributed by atoms with E-state index in [4.69, 9.17) is 9.84 Å². The van der Waals surface area contributed by atoms with E-state index in [0.717, 1.165) is 10.2 Å². The van der Waals surface area contributed by atoms with E-state index in [-0.39, 0.29) is 11.8 Å². The third-order valence-corrected chi connectivity index (χ3v) is 2.55. The van der Waals surface area contributed by atoms with E-state index in [9.17, 15) is 4.79 Å². The number of benzene rings is 1. The summed E-state index contributed by atoms with van der Waals surface area (Å²) in [4.78, 5) is 10.6. The molecule has 88 valence electrons. The fourth-order valence-corrected chi connectivity index (χ4v) is 1.67. The van der Waals surface area contributed by atoms with E-state index in [1.54, 1.807) is 0 Å². The van der Waals surface area contributed by atoms with Crippen LogP contribution >= 0.6 is 15.9 Å². The molecule has 0 aliphatic carbocycles. The van der Waals surface area contributed by atoms with Gasteiger partial charge in [0.1, 0.15) is 5.75 Å². The number of aliphatic carboxylic acids is 1. The standard InChI is InChI=1S/C12H15BrO3/c1-12(2,7-11(14)15)8-16-10-5-3-4-9(13)6-10/h3-6H,7-8H2,1-2H3,(H,14,15). The lowest BCUT2D eigenvalue weighted by molar-refractivity contribution is -0.139. The van der Waals surface area contributed by atoms with E-state index >= 15 is 0 Å². The fourth-order valence-electron chi connectivity index (χ4n) is 1.30. The molecule has 16 heavy (non-hydrogen) atoms. The minimum atomic E-state index is -0.803. The molecule has 0 unspecified atom stereocenters. The van der Waals surface area contributed by atoms with E-state index < -0.39 is 5.97 Å². The zero-order valence-corrected chi connectivity index (χ0v) is 11.0. The van der Waals surface area contributed by atoms with Crippen molar-refractivity contribution in [3.05, 3.63) is 28.7 Å². The fraction of sp³-hybridized carbons (Fsp3) is 0.417. The summed E-state index contributed by atoms with van der Waals surface area (Å²) < 4.78 is 6.50. The van der Waals surface area contributed by atoms with E-state index in [2.05, 4.69) is 15.9 Å². The summed E-state index contributed by atoms with van der Waals surface area (Å²) in [6.45, 7) is 4.13. The van der Waals surface area contributed by atoms with Crippen molar-refractivity contribution in [3.8, 4) is 5.75 Å². The maximum atomic E-state index is 10.6. The Bertz CT molecular complexity index is 374. The number of halogens is 1. The molecule has 0 aromatic heterocycles. The Kier molecular flexibility index (Phi) is 4.35. The normalized spacial score (nSPS) is 11.2. The quantitative estimate of drug-likeness (QED) is 0.903. The zero-order valence-electron chi connectivity index (χ0n) is 9.37. The van der Waals surface area contributed by atoms with E-state index in [1.165, 1.54) is 0 Å². The van der Waals surface area contributed by atoms with Crippen LogP contribution in [0.1, 0.15) is 20.3 Å². The van der Waals surface area contributed by atoms with Crippen LogP contribution in [0.25, 0.3) is 0 Å². The Hall–Kier alpha value is -1.03. The van der Waals surface area contributed by atoms with Gasteiger partial charge < -0.3 is 9.84 Å². The average Bonchev–Trinajstić information content (AvgIpc) is 2.13. The van der Waals surface area contributed by atoms with Crippen LogP contribution in [-0.2, 0) is 4.79 Å². The molecule has 3 nitrogen and oxygen atoms in total. The molecule has 0 heterocycles. The summed E-state index contributed by atoms with van der Waals surface area (Å²) in [5.74, 6) is -0.0596. The van der Waals surface area contributed by atoms with Crippen molar-refractivity contribution >= 4 is 21.9 Å². The number of ether oxygens (including phenoxy) is 1. The van der Waals surface area contributed by atoms with Crippen molar-refractivity contribution in [1.82, 2.24) is 0 Å². The average molecular weight is 287 g/mol. The van der Waals surface area contributed by atoms with Gasteiger partial charge in [-0.1, -0.05) is 35.8 Å². The molecular weight excluding hydrogens is 272 g/mol. The van der Waals surface area contributed by atoms with Gasteiger partial charge in [-0.15, -0.1) is 0 Å². The van der Waals surface area contributed by atoms with Crippen LogP contribution in [0, 0.1) is 5.41 Å². The van der Waals surface area contributed by atoms with Crippen LogP contribution in [0.2, 0.25) is 0 Å². The first kappa shape index (κ1) is 13.0. The van der Waals surface area contributed by atoms with Crippen LogP contribution in [0.4, 0.5) is 0 Å². The lowest BCUT2D eigenvalue weighted by atomic mass is 9.91. The third-order valence-electron chi connectivity index (χ3n) is 2.06. The Morgan fingerprint density at radius 3 is 2.75 bits per heavy atom. The van der Waals surface area contributed by atoms with Gasteiger partial charge >= 0.3 is 5.97 Å². The summed E-state index contributed by atoms with van der Waals surface area (Å²) in [5, 5.41) is 8.73. The van der Waals surface area contributed by atoms with Crippen molar-refractivity contribution in [1.29, 1.82) is 0 Å². The third kappa shape index (κ3) is 4.66. The molecule has 1 rings (SSSR count). The summed E-state index contributed by atoms with van der Waals surface area (Å²) >= 11 is 3.35. The van der Waals surface area contributed by atoms with Crippen LogP contribution in [0.5, 0.6) is 5.75 Å². The summed E-state index contributed by atoms with van der Waals surface area (Å²) in [5.41, 5.74) is -0.367. The second-order valence-electron chi connectivity index (χ2n) is 4.48. The maximum Gasteiger partial charge on any atom is 0.304 e. The number of carbonyl (C=O) groups is 1. The van der Waals surface area contributed by atoms with E-state index in [0.29, 0.717) is 6.61 Å². The highest BCUT2D eigenvalue weighted by Gasteiger charge is 2.22. The predicted octanol–water partition coefficient (Wildman–Crippen LogP) is 3.33. The number of rotatable bonds is 5. The van der Waals surface area contributed by atoms with Gasteiger partial charge in [0.25, 0.3) is 0 Å². The highest BCUT2D eigenvalue weighted by atomic mass is 79.9. The number of carboxylic acid groups (broad SMARTS) is 1. The number of hydrogen-bond donors (Lipinski definition) is 1. The summed E-state index contributed by atoms with van der Waals surface area (Å²) in [6.07, 6.45) is 0.0982. The maximum absolute atomic E-state index is 10.6. The highest BCUT2D eigenvalue weighted by Crippen LogP contribution is 2.24. The van der Waals surface area contributed by atoms with Crippen LogP contribution in [-0.4, -0.2) is 17.7 Å². The topological polar surface area (TPSA) is 46.5 Å².